The van der Waals surface area contributed by atoms with Crippen LogP contribution in [0.2, 0.25) is 5.02 Å². The maximum atomic E-state index is 12.0. The van der Waals surface area contributed by atoms with Crippen molar-refractivity contribution in [3.05, 3.63) is 29.3 Å². The van der Waals surface area contributed by atoms with Gasteiger partial charge in [-0.3, -0.25) is 0 Å². The van der Waals surface area contributed by atoms with Crippen LogP contribution in [-0.4, -0.2) is 28.1 Å². The summed E-state index contributed by atoms with van der Waals surface area (Å²) in [5.74, 6) is 0.576. The molecule has 0 aromatic heterocycles. The van der Waals surface area contributed by atoms with E-state index in [9.17, 15) is 8.42 Å². The highest BCUT2D eigenvalue weighted by atomic mass is 35.5. The van der Waals surface area contributed by atoms with E-state index in [0.717, 1.165) is 25.9 Å². The van der Waals surface area contributed by atoms with Crippen molar-refractivity contribution in [1.29, 1.82) is 0 Å². The third kappa shape index (κ3) is 4.93. The van der Waals surface area contributed by atoms with Gasteiger partial charge in [0, 0.05) is 11.6 Å². The van der Waals surface area contributed by atoms with Gasteiger partial charge in [-0.15, -0.1) is 12.4 Å². The van der Waals surface area contributed by atoms with E-state index in [-0.39, 0.29) is 17.3 Å². The predicted molar refractivity (Wildman–Crippen MR) is 79.5 cm³/mol. The van der Waals surface area contributed by atoms with E-state index < -0.39 is 10.0 Å². The van der Waals surface area contributed by atoms with Crippen LogP contribution in [0.4, 0.5) is 0 Å². The molecule has 0 saturated carbocycles. The maximum Gasteiger partial charge on any atom is 0.240 e. The normalized spacial score (nSPS) is 19.1. The van der Waals surface area contributed by atoms with E-state index in [2.05, 4.69) is 10.0 Å². The molecule has 0 radical (unpaired) electrons. The zero-order valence-electron chi connectivity index (χ0n) is 10.4. The first-order valence-electron chi connectivity index (χ1n) is 6.04. The second kappa shape index (κ2) is 7.45. The van der Waals surface area contributed by atoms with Gasteiger partial charge < -0.3 is 5.32 Å². The highest BCUT2D eigenvalue weighted by Gasteiger charge is 2.17. The molecule has 1 saturated heterocycles. The van der Waals surface area contributed by atoms with E-state index >= 15 is 0 Å². The first-order valence-corrected chi connectivity index (χ1v) is 7.90. The third-order valence-corrected chi connectivity index (χ3v) is 4.81. The molecule has 4 nitrogen and oxygen atoms in total. The van der Waals surface area contributed by atoms with Gasteiger partial charge in [-0.25, -0.2) is 13.1 Å². The van der Waals surface area contributed by atoms with E-state index in [4.69, 9.17) is 11.6 Å². The lowest BCUT2D eigenvalue weighted by atomic mass is 10.1. The second-order valence-corrected chi connectivity index (χ2v) is 6.71. The number of sulfonamides is 1. The Morgan fingerprint density at radius 2 is 2.21 bits per heavy atom. The molecule has 0 bridgehead atoms. The van der Waals surface area contributed by atoms with Crippen LogP contribution in [0.3, 0.4) is 0 Å². The van der Waals surface area contributed by atoms with Crippen molar-refractivity contribution in [3.63, 3.8) is 0 Å². The van der Waals surface area contributed by atoms with Crippen molar-refractivity contribution in [2.24, 2.45) is 5.92 Å². The molecule has 0 spiro atoms. The summed E-state index contributed by atoms with van der Waals surface area (Å²) < 4.78 is 26.6. The van der Waals surface area contributed by atoms with Crippen LogP contribution >= 0.6 is 24.0 Å². The van der Waals surface area contributed by atoms with Gasteiger partial charge in [0.1, 0.15) is 0 Å². The van der Waals surface area contributed by atoms with Gasteiger partial charge in [0.15, 0.2) is 0 Å². The average Bonchev–Trinajstić information content (AvgIpc) is 2.82. The third-order valence-electron chi connectivity index (χ3n) is 3.11. The van der Waals surface area contributed by atoms with Gasteiger partial charge in [-0.2, -0.15) is 0 Å². The van der Waals surface area contributed by atoms with Crippen LogP contribution < -0.4 is 10.0 Å². The van der Waals surface area contributed by atoms with Crippen molar-refractivity contribution < 1.29 is 8.42 Å². The Labute approximate surface area is 125 Å². The molecule has 1 aromatic rings. The van der Waals surface area contributed by atoms with Crippen LogP contribution in [0.25, 0.3) is 0 Å². The number of rotatable bonds is 5. The van der Waals surface area contributed by atoms with Gasteiger partial charge in [0.05, 0.1) is 4.90 Å². The van der Waals surface area contributed by atoms with Gasteiger partial charge in [-0.1, -0.05) is 17.7 Å². The molecule has 0 aliphatic carbocycles. The lowest BCUT2D eigenvalue weighted by Gasteiger charge is -2.10. The minimum Gasteiger partial charge on any atom is -0.316 e. The molecule has 1 heterocycles. The Morgan fingerprint density at radius 3 is 2.84 bits per heavy atom. The van der Waals surface area contributed by atoms with Crippen LogP contribution in [0.15, 0.2) is 29.2 Å². The first-order chi connectivity index (χ1) is 8.58. The standard InChI is InChI=1S/C12H17ClN2O2S.ClH/c13-11-2-1-3-12(8-11)18(16,17)15-7-5-10-4-6-14-9-10;/h1-3,8,10,14-15H,4-7,9H2;1H. The Balaban J connectivity index is 0.00000180. The Hall–Kier alpha value is -0.330. The van der Waals surface area contributed by atoms with Crippen molar-refractivity contribution in [2.45, 2.75) is 17.7 Å². The summed E-state index contributed by atoms with van der Waals surface area (Å²) in [6.45, 7) is 2.49. The lowest BCUT2D eigenvalue weighted by Crippen LogP contribution is -2.26. The smallest absolute Gasteiger partial charge is 0.240 e. The van der Waals surface area contributed by atoms with E-state index in [1.54, 1.807) is 18.2 Å². The highest BCUT2D eigenvalue weighted by Crippen LogP contribution is 2.16. The molecule has 19 heavy (non-hydrogen) atoms. The van der Waals surface area contributed by atoms with Crippen LogP contribution in [-0.2, 0) is 10.0 Å². The summed E-state index contributed by atoms with van der Waals surface area (Å²) in [5.41, 5.74) is 0. The maximum absolute atomic E-state index is 12.0. The fourth-order valence-corrected chi connectivity index (χ4v) is 3.42. The molecule has 1 aromatic carbocycles. The number of halogens is 2. The Morgan fingerprint density at radius 1 is 1.42 bits per heavy atom. The van der Waals surface area contributed by atoms with Crippen LogP contribution in [0.1, 0.15) is 12.8 Å². The first kappa shape index (κ1) is 16.7. The fraction of sp³-hybridized carbons (Fsp3) is 0.500. The Kier molecular flexibility index (Phi) is 6.56. The topological polar surface area (TPSA) is 58.2 Å². The second-order valence-electron chi connectivity index (χ2n) is 4.50. The molecule has 2 rings (SSSR count). The van der Waals surface area contributed by atoms with E-state index in [1.807, 2.05) is 0 Å². The molecule has 2 N–H and O–H groups in total. The lowest BCUT2D eigenvalue weighted by molar-refractivity contribution is 0.519. The SMILES string of the molecule is Cl.O=S(=O)(NCCC1CCNC1)c1cccc(Cl)c1. The summed E-state index contributed by atoms with van der Waals surface area (Å²) in [6, 6.07) is 6.30. The van der Waals surface area contributed by atoms with E-state index in [1.165, 1.54) is 6.07 Å². The largest absolute Gasteiger partial charge is 0.316 e. The molecule has 1 atom stereocenters. The van der Waals surface area contributed by atoms with Gasteiger partial charge >= 0.3 is 0 Å². The number of hydrogen-bond donors (Lipinski definition) is 2. The zero-order valence-corrected chi connectivity index (χ0v) is 12.8. The quantitative estimate of drug-likeness (QED) is 0.871. The molecule has 1 aliphatic heterocycles. The van der Waals surface area contributed by atoms with Gasteiger partial charge in [0.2, 0.25) is 10.0 Å². The summed E-state index contributed by atoms with van der Waals surface area (Å²) >= 11 is 5.79. The zero-order chi connectivity index (χ0) is 13.0. The molecule has 108 valence electrons. The van der Waals surface area contributed by atoms with Crippen LogP contribution in [0.5, 0.6) is 0 Å². The minimum atomic E-state index is -3.43. The molecular weight excluding hydrogens is 307 g/mol. The fourth-order valence-electron chi connectivity index (χ4n) is 2.08. The van der Waals surface area contributed by atoms with Crippen molar-refractivity contribution >= 4 is 34.0 Å². The monoisotopic (exact) mass is 324 g/mol. The van der Waals surface area contributed by atoms with Gasteiger partial charge in [-0.05, 0) is 50.0 Å². The van der Waals surface area contributed by atoms with Crippen molar-refractivity contribution in [2.75, 3.05) is 19.6 Å². The predicted octanol–water partition coefficient (Wildman–Crippen LogP) is 2.04. The van der Waals surface area contributed by atoms with Crippen LogP contribution in [0, 0.1) is 5.92 Å². The number of benzene rings is 1. The molecule has 0 amide bonds. The molecular formula is C12H18Cl2N2O2S. The summed E-state index contributed by atoms with van der Waals surface area (Å²) in [5, 5.41) is 3.69. The molecule has 7 heteroatoms. The summed E-state index contributed by atoms with van der Waals surface area (Å²) in [6.07, 6.45) is 1.99. The minimum absolute atomic E-state index is 0. The van der Waals surface area contributed by atoms with Crippen molar-refractivity contribution in [3.8, 4) is 0 Å². The van der Waals surface area contributed by atoms with Gasteiger partial charge in [0.25, 0.3) is 0 Å². The molecule has 1 aliphatic rings. The average molecular weight is 325 g/mol. The van der Waals surface area contributed by atoms with E-state index in [0.29, 0.717) is 17.5 Å². The molecule has 1 unspecified atom stereocenters. The molecule has 1 fully saturated rings. The Bertz CT molecular complexity index is 502. The number of hydrogen-bond acceptors (Lipinski definition) is 3. The number of nitrogens with one attached hydrogen (secondary N) is 2. The highest BCUT2D eigenvalue weighted by molar-refractivity contribution is 7.89. The summed E-state index contributed by atoms with van der Waals surface area (Å²) in [7, 11) is -3.43. The summed E-state index contributed by atoms with van der Waals surface area (Å²) in [4.78, 5) is 0.222. The van der Waals surface area contributed by atoms with Crippen molar-refractivity contribution in [1.82, 2.24) is 10.0 Å².